The average Bonchev–Trinajstić information content (AvgIpc) is 2.66. The van der Waals surface area contributed by atoms with E-state index in [0.29, 0.717) is 0 Å². The molecule has 2 rings (SSSR count). The molecule has 148 valence electrons. The SMILES string of the molecule is C[CH2][Sn]([CH2]C)([c]1c(F)c(F)c(F)c(F)c1F)[c]1c(F)c(F)c(F)c(F)c1F. The van der Waals surface area contributed by atoms with Gasteiger partial charge in [0.1, 0.15) is 0 Å². The van der Waals surface area contributed by atoms with Crippen LogP contribution in [0.3, 0.4) is 0 Å². The Bertz CT molecular complexity index is 791. The molecular weight excluding hydrogens is 501 g/mol. The summed E-state index contributed by atoms with van der Waals surface area (Å²) in [5.41, 5.74) is 0. The van der Waals surface area contributed by atoms with Gasteiger partial charge in [0.05, 0.1) is 0 Å². The molecule has 27 heavy (non-hydrogen) atoms. The average molecular weight is 511 g/mol. The zero-order chi connectivity index (χ0) is 20.8. The van der Waals surface area contributed by atoms with Crippen LogP contribution in [0, 0.1) is 58.2 Å². The molecule has 0 bridgehead atoms. The van der Waals surface area contributed by atoms with E-state index < -0.39 is 92.6 Å². The predicted molar refractivity (Wildman–Crippen MR) is 78.4 cm³/mol. The summed E-state index contributed by atoms with van der Waals surface area (Å²) in [5, 5.41) is 0. The van der Waals surface area contributed by atoms with Crippen molar-refractivity contribution in [2.24, 2.45) is 0 Å². The molecule has 0 saturated heterocycles. The van der Waals surface area contributed by atoms with Crippen LogP contribution in [0.5, 0.6) is 0 Å². The van der Waals surface area contributed by atoms with Gasteiger partial charge in [-0.1, -0.05) is 0 Å². The van der Waals surface area contributed by atoms with Crippen LogP contribution in [-0.2, 0) is 0 Å². The number of halogens is 10. The molecule has 0 aromatic heterocycles. The molecule has 2 aromatic rings. The topological polar surface area (TPSA) is 0 Å². The van der Waals surface area contributed by atoms with Gasteiger partial charge >= 0.3 is 150 Å². The first-order valence-corrected chi connectivity index (χ1v) is 14.4. The maximum atomic E-state index is 14.3. The quantitative estimate of drug-likeness (QED) is 0.242. The Hall–Kier alpha value is -1.46. The fourth-order valence-electron chi connectivity index (χ4n) is 3.13. The summed E-state index contributed by atoms with van der Waals surface area (Å²) in [6, 6.07) is 0. The fourth-order valence-corrected chi connectivity index (χ4v) is 15.4. The van der Waals surface area contributed by atoms with Crippen molar-refractivity contribution < 1.29 is 43.9 Å². The van der Waals surface area contributed by atoms with Crippen molar-refractivity contribution in [2.75, 3.05) is 0 Å². The Morgan fingerprint density at radius 1 is 0.407 bits per heavy atom. The minimum atomic E-state index is -5.62. The molecule has 11 heteroatoms. The fraction of sp³-hybridized carbons (Fsp3) is 0.250. The van der Waals surface area contributed by atoms with Crippen molar-refractivity contribution in [3.63, 3.8) is 0 Å². The van der Waals surface area contributed by atoms with E-state index in [2.05, 4.69) is 0 Å². The van der Waals surface area contributed by atoms with Crippen LogP contribution in [0.1, 0.15) is 13.8 Å². The molecule has 0 saturated carbocycles. The van der Waals surface area contributed by atoms with E-state index in [4.69, 9.17) is 0 Å². The normalized spacial score (nSPS) is 12.0. The van der Waals surface area contributed by atoms with Crippen molar-refractivity contribution in [1.29, 1.82) is 0 Å². The number of hydrogen-bond acceptors (Lipinski definition) is 0. The van der Waals surface area contributed by atoms with E-state index >= 15 is 0 Å². The van der Waals surface area contributed by atoms with E-state index in [-0.39, 0.29) is 0 Å². The third-order valence-corrected chi connectivity index (χ3v) is 19.4. The van der Waals surface area contributed by atoms with Crippen molar-refractivity contribution in [1.82, 2.24) is 0 Å². The molecular formula is C16H10F10Sn. The summed E-state index contributed by atoms with van der Waals surface area (Å²) in [7, 11) is 0. The molecule has 0 aliphatic carbocycles. The van der Waals surface area contributed by atoms with Gasteiger partial charge in [0.25, 0.3) is 0 Å². The Labute approximate surface area is 150 Å². The van der Waals surface area contributed by atoms with Crippen LogP contribution in [0.25, 0.3) is 0 Å². The molecule has 0 nitrogen and oxygen atoms in total. The standard InChI is InChI=1S/2C6F5.2C2H5.Sn/c2*7-2-1-3(8)5(10)6(11)4(2)9;2*1-2;/h;;2*1H2,2H3;. The number of benzene rings is 2. The Morgan fingerprint density at radius 2 is 0.593 bits per heavy atom. The second-order valence-electron chi connectivity index (χ2n) is 5.68. The molecule has 0 amide bonds. The van der Waals surface area contributed by atoms with Crippen LogP contribution in [0.2, 0.25) is 8.87 Å². The summed E-state index contributed by atoms with van der Waals surface area (Å²) in [6.07, 6.45) is 0. The molecule has 0 N–H and O–H groups in total. The Kier molecular flexibility index (Phi) is 6.08. The molecule has 2 aromatic carbocycles. The minimum absolute atomic E-state index is 0.526. The summed E-state index contributed by atoms with van der Waals surface area (Å²) in [5.74, 6) is -23.7. The molecule has 0 atom stereocenters. The molecule has 0 heterocycles. The first-order valence-electron chi connectivity index (χ1n) is 7.51. The van der Waals surface area contributed by atoms with E-state index in [9.17, 15) is 43.9 Å². The van der Waals surface area contributed by atoms with E-state index in [1.165, 1.54) is 0 Å². The molecule has 0 unspecified atom stereocenters. The van der Waals surface area contributed by atoms with Gasteiger partial charge in [-0.2, -0.15) is 0 Å². The van der Waals surface area contributed by atoms with E-state index in [0.717, 1.165) is 13.8 Å². The zero-order valence-corrected chi connectivity index (χ0v) is 16.5. The molecule has 0 fully saturated rings. The van der Waals surface area contributed by atoms with Gasteiger partial charge in [0, 0.05) is 0 Å². The van der Waals surface area contributed by atoms with Gasteiger partial charge in [0.2, 0.25) is 0 Å². The first-order chi connectivity index (χ1) is 12.5. The molecule has 0 radical (unpaired) electrons. The molecule has 0 aliphatic rings. The van der Waals surface area contributed by atoms with Gasteiger partial charge in [-0.15, -0.1) is 0 Å². The first kappa shape index (κ1) is 21.8. The second-order valence-corrected chi connectivity index (χ2v) is 18.7. The summed E-state index contributed by atoms with van der Waals surface area (Å²) in [6.45, 7) is 2.27. The van der Waals surface area contributed by atoms with Gasteiger partial charge < -0.3 is 0 Å². The van der Waals surface area contributed by atoms with Crippen LogP contribution in [0.4, 0.5) is 43.9 Å². The monoisotopic (exact) mass is 512 g/mol. The van der Waals surface area contributed by atoms with Gasteiger partial charge in [0.15, 0.2) is 0 Å². The summed E-state index contributed by atoms with van der Waals surface area (Å²) >= 11 is -5.62. The van der Waals surface area contributed by atoms with Gasteiger partial charge in [-0.05, 0) is 0 Å². The summed E-state index contributed by atoms with van der Waals surface area (Å²) in [4.78, 5) is 0. The van der Waals surface area contributed by atoms with Crippen molar-refractivity contribution in [3.05, 3.63) is 58.2 Å². The van der Waals surface area contributed by atoms with E-state index in [1.54, 1.807) is 0 Å². The van der Waals surface area contributed by atoms with Crippen LogP contribution < -0.4 is 7.16 Å². The second kappa shape index (κ2) is 7.51. The number of rotatable bonds is 4. The molecule has 0 aliphatic heterocycles. The van der Waals surface area contributed by atoms with Gasteiger partial charge in [-0.25, -0.2) is 0 Å². The van der Waals surface area contributed by atoms with Crippen LogP contribution in [0.15, 0.2) is 0 Å². The third-order valence-electron chi connectivity index (χ3n) is 4.58. The predicted octanol–water partition coefficient (Wildman–Crippen LogP) is 4.68. The van der Waals surface area contributed by atoms with Crippen molar-refractivity contribution in [3.8, 4) is 0 Å². The van der Waals surface area contributed by atoms with Crippen LogP contribution in [-0.4, -0.2) is 18.4 Å². The third kappa shape index (κ3) is 2.99. The van der Waals surface area contributed by atoms with Crippen molar-refractivity contribution in [2.45, 2.75) is 22.7 Å². The molecule has 0 spiro atoms. The Balaban J connectivity index is 3.09. The van der Waals surface area contributed by atoms with Crippen LogP contribution >= 0.6 is 0 Å². The summed E-state index contributed by atoms with van der Waals surface area (Å²) < 4.78 is 134. The zero-order valence-electron chi connectivity index (χ0n) is 13.7. The number of hydrogen-bond donors (Lipinski definition) is 0. The Morgan fingerprint density at radius 3 is 0.778 bits per heavy atom. The van der Waals surface area contributed by atoms with E-state index in [1.807, 2.05) is 0 Å². The van der Waals surface area contributed by atoms with Crippen molar-refractivity contribution >= 4 is 25.5 Å². The maximum absolute atomic E-state index is 14.3. The van der Waals surface area contributed by atoms with Gasteiger partial charge in [-0.3, -0.25) is 0 Å².